The molecule has 0 saturated heterocycles. The van der Waals surface area contributed by atoms with Crippen LogP contribution in [0.15, 0.2) is 29.4 Å². The van der Waals surface area contributed by atoms with E-state index in [4.69, 9.17) is 11.6 Å². The molecule has 70 valence electrons. The molecule has 1 rings (SSSR count). The molecule has 0 radical (unpaired) electrons. The molecule has 0 bridgehead atoms. The first-order valence-corrected chi connectivity index (χ1v) is 3.57. The van der Waals surface area contributed by atoms with Gasteiger partial charge in [-0.1, -0.05) is 24.3 Å². The standard InChI is InChI=1S/C8H9F2N3/c9-7(10)5-1-3-6(4-2-5)8(11)13-12/h1-4,7H,12H2,(H2,11,13). The number of hydrogen-bond donors (Lipinski definition) is 2. The Morgan fingerprint density at radius 2 is 1.77 bits per heavy atom. The van der Waals surface area contributed by atoms with Crippen LogP contribution in [-0.4, -0.2) is 5.84 Å². The van der Waals surface area contributed by atoms with E-state index in [0.29, 0.717) is 5.56 Å². The molecule has 0 spiro atoms. The first kappa shape index (κ1) is 9.44. The van der Waals surface area contributed by atoms with Gasteiger partial charge in [0.2, 0.25) is 0 Å². The zero-order valence-electron chi connectivity index (χ0n) is 6.74. The van der Waals surface area contributed by atoms with Crippen molar-refractivity contribution in [1.29, 1.82) is 0 Å². The van der Waals surface area contributed by atoms with E-state index in [1.54, 1.807) is 0 Å². The highest BCUT2D eigenvalue weighted by Crippen LogP contribution is 2.18. The lowest BCUT2D eigenvalue weighted by atomic mass is 10.1. The van der Waals surface area contributed by atoms with Crippen molar-refractivity contribution < 1.29 is 8.78 Å². The van der Waals surface area contributed by atoms with Gasteiger partial charge in [0.05, 0.1) is 0 Å². The molecule has 0 fully saturated rings. The molecular formula is C8H9F2N3. The molecule has 0 aliphatic carbocycles. The van der Waals surface area contributed by atoms with Crippen molar-refractivity contribution in [3.05, 3.63) is 35.4 Å². The molecule has 1 aromatic carbocycles. The number of nitrogens with zero attached hydrogens (tertiary/aromatic N) is 1. The van der Waals surface area contributed by atoms with Gasteiger partial charge in [-0.3, -0.25) is 0 Å². The van der Waals surface area contributed by atoms with Crippen LogP contribution in [0.3, 0.4) is 0 Å². The molecule has 5 heteroatoms. The van der Waals surface area contributed by atoms with Crippen LogP contribution in [0.4, 0.5) is 8.78 Å². The summed E-state index contributed by atoms with van der Waals surface area (Å²) in [5, 5.41) is 3.24. The molecule has 13 heavy (non-hydrogen) atoms. The highest BCUT2D eigenvalue weighted by molar-refractivity contribution is 5.97. The number of hydrazone groups is 1. The number of halogens is 2. The van der Waals surface area contributed by atoms with E-state index in [1.165, 1.54) is 24.3 Å². The van der Waals surface area contributed by atoms with Gasteiger partial charge in [0.15, 0.2) is 0 Å². The molecule has 0 aromatic heterocycles. The van der Waals surface area contributed by atoms with E-state index in [-0.39, 0.29) is 11.4 Å². The van der Waals surface area contributed by atoms with Gasteiger partial charge < -0.3 is 11.6 Å². The Kier molecular flexibility index (Phi) is 2.79. The second-order valence-corrected chi connectivity index (χ2v) is 2.44. The average molecular weight is 185 g/mol. The molecule has 0 aliphatic heterocycles. The summed E-state index contributed by atoms with van der Waals surface area (Å²) in [6, 6.07) is 5.48. The summed E-state index contributed by atoms with van der Waals surface area (Å²) in [6.07, 6.45) is -2.47. The van der Waals surface area contributed by atoms with Gasteiger partial charge in [0, 0.05) is 11.1 Å². The Morgan fingerprint density at radius 3 is 2.15 bits per heavy atom. The molecule has 0 atom stereocenters. The quantitative estimate of drug-likeness (QED) is 0.315. The molecule has 4 N–H and O–H groups in total. The fourth-order valence-electron chi connectivity index (χ4n) is 0.874. The van der Waals surface area contributed by atoms with E-state index >= 15 is 0 Å². The SMILES string of the molecule is N/N=C(/N)c1ccc(C(F)F)cc1. The van der Waals surface area contributed by atoms with Crippen LogP contribution in [0.1, 0.15) is 17.6 Å². The number of nitrogens with two attached hydrogens (primary N) is 2. The zero-order valence-corrected chi connectivity index (χ0v) is 6.74. The Labute approximate surface area is 74.0 Å². The Balaban J connectivity index is 2.94. The Morgan fingerprint density at radius 1 is 1.23 bits per heavy atom. The summed E-state index contributed by atoms with van der Waals surface area (Å²) in [6.45, 7) is 0. The number of benzene rings is 1. The summed E-state index contributed by atoms with van der Waals surface area (Å²) in [4.78, 5) is 0. The van der Waals surface area contributed by atoms with Crippen molar-refractivity contribution in [1.82, 2.24) is 0 Å². The fraction of sp³-hybridized carbons (Fsp3) is 0.125. The minimum Gasteiger partial charge on any atom is -0.382 e. The van der Waals surface area contributed by atoms with Gasteiger partial charge in [0.25, 0.3) is 6.43 Å². The zero-order chi connectivity index (χ0) is 9.84. The number of alkyl halides is 2. The van der Waals surface area contributed by atoms with Crippen molar-refractivity contribution in [3.63, 3.8) is 0 Å². The van der Waals surface area contributed by atoms with E-state index in [9.17, 15) is 8.78 Å². The third-order valence-corrected chi connectivity index (χ3v) is 1.60. The molecule has 0 saturated carbocycles. The van der Waals surface area contributed by atoms with Crippen molar-refractivity contribution in [2.24, 2.45) is 16.7 Å². The summed E-state index contributed by atoms with van der Waals surface area (Å²) in [5.41, 5.74) is 5.84. The molecule has 3 nitrogen and oxygen atoms in total. The van der Waals surface area contributed by atoms with E-state index < -0.39 is 6.43 Å². The number of rotatable bonds is 2. The van der Waals surface area contributed by atoms with Gasteiger partial charge >= 0.3 is 0 Å². The topological polar surface area (TPSA) is 64.4 Å². The largest absolute Gasteiger partial charge is 0.382 e. The van der Waals surface area contributed by atoms with Gasteiger partial charge in [-0.25, -0.2) is 8.78 Å². The van der Waals surface area contributed by atoms with Crippen LogP contribution in [0.5, 0.6) is 0 Å². The maximum atomic E-state index is 12.1. The molecule has 1 aromatic rings. The van der Waals surface area contributed by atoms with Gasteiger partial charge in [-0.15, -0.1) is 0 Å². The maximum absolute atomic E-state index is 12.1. The van der Waals surface area contributed by atoms with Crippen molar-refractivity contribution in [3.8, 4) is 0 Å². The van der Waals surface area contributed by atoms with Crippen LogP contribution in [0.25, 0.3) is 0 Å². The predicted octanol–water partition coefficient (Wildman–Crippen LogP) is 1.20. The van der Waals surface area contributed by atoms with Gasteiger partial charge in [0.1, 0.15) is 5.84 Å². The average Bonchev–Trinajstić information content (AvgIpc) is 2.17. The molecular weight excluding hydrogens is 176 g/mol. The van der Waals surface area contributed by atoms with Crippen LogP contribution >= 0.6 is 0 Å². The maximum Gasteiger partial charge on any atom is 0.263 e. The third kappa shape index (κ3) is 2.14. The minimum atomic E-state index is -2.47. The Bertz CT molecular complexity index is 306. The summed E-state index contributed by atoms with van der Waals surface area (Å²) < 4.78 is 24.2. The molecule has 0 aliphatic rings. The first-order chi connectivity index (χ1) is 6.15. The summed E-state index contributed by atoms with van der Waals surface area (Å²) in [7, 11) is 0. The highest BCUT2D eigenvalue weighted by atomic mass is 19.3. The van der Waals surface area contributed by atoms with Crippen molar-refractivity contribution in [2.75, 3.05) is 0 Å². The van der Waals surface area contributed by atoms with Gasteiger partial charge in [-0.05, 0) is 0 Å². The monoisotopic (exact) mass is 185 g/mol. The lowest BCUT2D eigenvalue weighted by Gasteiger charge is -2.01. The Hall–Kier alpha value is -1.65. The molecule has 0 amide bonds. The van der Waals surface area contributed by atoms with Crippen LogP contribution in [-0.2, 0) is 0 Å². The highest BCUT2D eigenvalue weighted by Gasteiger charge is 2.06. The molecule has 0 heterocycles. The van der Waals surface area contributed by atoms with E-state index in [2.05, 4.69) is 5.10 Å². The predicted molar refractivity (Wildman–Crippen MR) is 46.3 cm³/mol. The fourth-order valence-corrected chi connectivity index (χ4v) is 0.874. The second-order valence-electron chi connectivity index (χ2n) is 2.44. The summed E-state index contributed by atoms with van der Waals surface area (Å²) >= 11 is 0. The number of hydrogen-bond acceptors (Lipinski definition) is 2. The normalized spacial score (nSPS) is 12.1. The van der Waals surface area contributed by atoms with Crippen LogP contribution < -0.4 is 11.6 Å². The van der Waals surface area contributed by atoms with Crippen LogP contribution in [0, 0.1) is 0 Å². The minimum absolute atomic E-state index is 0.0476. The lowest BCUT2D eigenvalue weighted by molar-refractivity contribution is 0.151. The second kappa shape index (κ2) is 3.84. The first-order valence-electron chi connectivity index (χ1n) is 3.57. The summed E-state index contributed by atoms with van der Waals surface area (Å²) in [5.74, 6) is 5.04. The van der Waals surface area contributed by atoms with E-state index in [0.717, 1.165) is 0 Å². The molecule has 0 unspecified atom stereocenters. The lowest BCUT2D eigenvalue weighted by Crippen LogP contribution is -2.15. The van der Waals surface area contributed by atoms with E-state index in [1.807, 2.05) is 0 Å². The smallest absolute Gasteiger partial charge is 0.263 e. The number of amidine groups is 1. The van der Waals surface area contributed by atoms with Gasteiger partial charge in [-0.2, -0.15) is 5.10 Å². The van der Waals surface area contributed by atoms with Crippen molar-refractivity contribution in [2.45, 2.75) is 6.43 Å². The third-order valence-electron chi connectivity index (χ3n) is 1.60. The van der Waals surface area contributed by atoms with Crippen LogP contribution in [0.2, 0.25) is 0 Å². The van der Waals surface area contributed by atoms with Crippen molar-refractivity contribution >= 4 is 5.84 Å².